The molecule has 140 valence electrons. The predicted molar refractivity (Wildman–Crippen MR) is 109 cm³/mol. The van der Waals surface area contributed by atoms with Crippen molar-refractivity contribution in [3.05, 3.63) is 65.2 Å². The van der Waals surface area contributed by atoms with E-state index >= 15 is 0 Å². The largest absolute Gasteiger partial charge is 0.497 e. The maximum absolute atomic E-state index is 12.1. The Morgan fingerprint density at radius 3 is 2.38 bits per heavy atom. The zero-order valence-electron chi connectivity index (χ0n) is 15.9. The minimum Gasteiger partial charge on any atom is -0.497 e. The van der Waals surface area contributed by atoms with Crippen LogP contribution < -0.4 is 15.0 Å². The molecule has 0 aliphatic rings. The zero-order chi connectivity index (χ0) is 18.8. The van der Waals surface area contributed by atoms with Gasteiger partial charge in [-0.3, -0.25) is 4.79 Å². The normalized spacial score (nSPS) is 11.8. The number of ether oxygens (including phenoxy) is 1. The van der Waals surface area contributed by atoms with Gasteiger partial charge in [-0.05, 0) is 36.8 Å². The number of amides is 1. The van der Waals surface area contributed by atoms with Gasteiger partial charge < -0.3 is 15.0 Å². The van der Waals surface area contributed by atoms with Crippen molar-refractivity contribution in [2.24, 2.45) is 0 Å². The van der Waals surface area contributed by atoms with Crippen LogP contribution in [-0.4, -0.2) is 38.9 Å². The van der Waals surface area contributed by atoms with Gasteiger partial charge in [0.15, 0.2) is 6.54 Å². The van der Waals surface area contributed by atoms with Crippen molar-refractivity contribution in [2.45, 2.75) is 19.2 Å². The first-order chi connectivity index (χ1) is 12.6. The first kappa shape index (κ1) is 20.3. The van der Waals surface area contributed by atoms with Crippen molar-refractivity contribution < 1.29 is 14.4 Å². The van der Waals surface area contributed by atoms with Crippen LogP contribution in [0.5, 0.6) is 5.75 Å². The van der Waals surface area contributed by atoms with Gasteiger partial charge in [0.1, 0.15) is 12.3 Å². The third kappa shape index (κ3) is 7.50. The summed E-state index contributed by atoms with van der Waals surface area (Å²) in [6, 6.07) is 16.6. The SMILES string of the molecule is COc1ccc(C[NH+](C)CC(=O)NCCSCc2ccc(C)cc2)cc1. The molecule has 0 fully saturated rings. The van der Waals surface area contributed by atoms with E-state index in [1.54, 1.807) is 7.11 Å². The molecule has 2 N–H and O–H groups in total. The average molecular weight is 374 g/mol. The van der Waals surface area contributed by atoms with Crippen molar-refractivity contribution in [1.29, 1.82) is 0 Å². The fraction of sp³-hybridized carbons (Fsp3) is 0.381. The Balaban J connectivity index is 1.59. The third-order valence-electron chi connectivity index (χ3n) is 4.09. The summed E-state index contributed by atoms with van der Waals surface area (Å²) in [7, 11) is 3.70. The number of aryl methyl sites for hydroxylation is 1. The fourth-order valence-electron chi connectivity index (χ4n) is 2.63. The van der Waals surface area contributed by atoms with Crippen molar-refractivity contribution in [2.75, 3.05) is 33.0 Å². The van der Waals surface area contributed by atoms with E-state index in [1.165, 1.54) is 21.6 Å². The molecule has 0 aliphatic heterocycles. The molecular weight excluding hydrogens is 344 g/mol. The Morgan fingerprint density at radius 1 is 1.08 bits per heavy atom. The highest BCUT2D eigenvalue weighted by Gasteiger charge is 2.10. The highest BCUT2D eigenvalue weighted by molar-refractivity contribution is 7.98. The van der Waals surface area contributed by atoms with Crippen LogP contribution in [0.4, 0.5) is 0 Å². The Hall–Kier alpha value is -1.98. The second-order valence-corrected chi connectivity index (χ2v) is 7.65. The number of benzene rings is 2. The minimum absolute atomic E-state index is 0.104. The van der Waals surface area contributed by atoms with Crippen LogP contribution in [0.25, 0.3) is 0 Å². The first-order valence-corrected chi connectivity index (χ1v) is 10.1. The van der Waals surface area contributed by atoms with Crippen LogP contribution in [-0.2, 0) is 17.1 Å². The topological polar surface area (TPSA) is 42.8 Å². The molecule has 0 aromatic heterocycles. The molecule has 0 saturated heterocycles. The van der Waals surface area contributed by atoms with E-state index in [4.69, 9.17) is 4.74 Å². The molecule has 1 amide bonds. The van der Waals surface area contributed by atoms with Crippen LogP contribution in [0.2, 0.25) is 0 Å². The zero-order valence-corrected chi connectivity index (χ0v) is 16.7. The number of thioether (sulfide) groups is 1. The summed E-state index contributed by atoms with van der Waals surface area (Å²) in [5.74, 6) is 2.87. The fourth-order valence-corrected chi connectivity index (χ4v) is 3.45. The summed E-state index contributed by atoms with van der Waals surface area (Å²) in [6.45, 7) is 4.11. The number of nitrogens with one attached hydrogen (secondary N) is 2. The minimum atomic E-state index is 0.104. The van der Waals surface area contributed by atoms with Crippen LogP contribution >= 0.6 is 11.8 Å². The Kier molecular flexibility index (Phi) is 8.51. The molecule has 26 heavy (non-hydrogen) atoms. The second-order valence-electron chi connectivity index (χ2n) is 6.55. The molecule has 1 unspecified atom stereocenters. The van der Waals surface area contributed by atoms with Gasteiger partial charge in [-0.1, -0.05) is 29.8 Å². The highest BCUT2D eigenvalue weighted by Crippen LogP contribution is 2.12. The number of rotatable bonds is 10. The summed E-state index contributed by atoms with van der Waals surface area (Å²) < 4.78 is 5.16. The lowest BCUT2D eigenvalue weighted by molar-refractivity contribution is -0.885. The number of carbonyl (C=O) groups excluding carboxylic acids is 1. The van der Waals surface area contributed by atoms with Gasteiger partial charge in [0, 0.05) is 23.6 Å². The van der Waals surface area contributed by atoms with Gasteiger partial charge in [0.25, 0.3) is 5.91 Å². The lowest BCUT2D eigenvalue weighted by atomic mass is 10.2. The van der Waals surface area contributed by atoms with E-state index in [0.717, 1.165) is 23.8 Å². The third-order valence-corrected chi connectivity index (χ3v) is 5.12. The summed E-state index contributed by atoms with van der Waals surface area (Å²) in [5, 5.41) is 3.01. The van der Waals surface area contributed by atoms with Crippen LogP contribution in [0.3, 0.4) is 0 Å². The van der Waals surface area contributed by atoms with E-state index < -0.39 is 0 Å². The number of hydrogen-bond donors (Lipinski definition) is 2. The highest BCUT2D eigenvalue weighted by atomic mass is 32.2. The second kappa shape index (κ2) is 10.9. The van der Waals surface area contributed by atoms with Crippen molar-refractivity contribution in [3.63, 3.8) is 0 Å². The van der Waals surface area contributed by atoms with E-state index in [9.17, 15) is 4.79 Å². The van der Waals surface area contributed by atoms with Crippen molar-refractivity contribution in [1.82, 2.24) is 5.32 Å². The molecule has 2 aromatic rings. The number of carbonyl (C=O) groups is 1. The Morgan fingerprint density at radius 2 is 1.73 bits per heavy atom. The summed E-state index contributed by atoms with van der Waals surface area (Å²) in [4.78, 5) is 13.2. The quantitative estimate of drug-likeness (QED) is 0.627. The van der Waals surface area contributed by atoms with Gasteiger partial charge in [-0.2, -0.15) is 11.8 Å². The molecule has 1 atom stereocenters. The molecule has 0 bridgehead atoms. The maximum Gasteiger partial charge on any atom is 0.275 e. The monoisotopic (exact) mass is 373 g/mol. The van der Waals surface area contributed by atoms with Gasteiger partial charge in [-0.25, -0.2) is 0 Å². The Bertz CT molecular complexity index is 671. The lowest BCUT2D eigenvalue weighted by Crippen LogP contribution is -3.08. The van der Waals surface area contributed by atoms with Gasteiger partial charge in [0.2, 0.25) is 0 Å². The summed E-state index contributed by atoms with van der Waals surface area (Å²) in [5.41, 5.74) is 3.81. The standard InChI is InChI=1S/C21H28N2O2S/c1-17-4-6-19(7-5-17)16-26-13-12-22-21(24)15-23(2)14-18-8-10-20(25-3)11-9-18/h4-11H,12-16H2,1-3H3,(H,22,24)/p+1. The molecule has 2 aromatic carbocycles. The molecule has 0 aliphatic carbocycles. The molecule has 0 saturated carbocycles. The molecule has 2 rings (SSSR count). The summed E-state index contributed by atoms with van der Waals surface area (Å²) in [6.07, 6.45) is 0. The smallest absolute Gasteiger partial charge is 0.275 e. The van der Waals surface area contributed by atoms with Crippen molar-refractivity contribution in [3.8, 4) is 5.75 Å². The number of hydrogen-bond acceptors (Lipinski definition) is 3. The molecule has 5 heteroatoms. The van der Waals surface area contributed by atoms with Gasteiger partial charge >= 0.3 is 0 Å². The van der Waals surface area contributed by atoms with E-state index in [2.05, 4.69) is 36.5 Å². The number of likely N-dealkylation sites (N-methyl/N-ethyl adjacent to an activating group) is 1. The first-order valence-electron chi connectivity index (χ1n) is 8.91. The van der Waals surface area contributed by atoms with Gasteiger partial charge in [-0.15, -0.1) is 0 Å². The van der Waals surface area contributed by atoms with Gasteiger partial charge in [0.05, 0.1) is 14.2 Å². The van der Waals surface area contributed by atoms with E-state index in [1.807, 2.05) is 43.1 Å². The summed E-state index contributed by atoms with van der Waals surface area (Å²) >= 11 is 1.85. The molecule has 0 radical (unpaired) electrons. The van der Waals surface area contributed by atoms with E-state index in [-0.39, 0.29) is 5.91 Å². The van der Waals surface area contributed by atoms with E-state index in [0.29, 0.717) is 13.1 Å². The predicted octanol–water partition coefficient (Wildman–Crippen LogP) is 2.07. The molecular formula is C21H29N2O2S+. The van der Waals surface area contributed by atoms with Crippen LogP contribution in [0, 0.1) is 6.92 Å². The molecule has 0 heterocycles. The Labute approximate surface area is 160 Å². The van der Waals surface area contributed by atoms with Crippen LogP contribution in [0.1, 0.15) is 16.7 Å². The number of methoxy groups -OCH3 is 1. The maximum atomic E-state index is 12.1. The average Bonchev–Trinajstić information content (AvgIpc) is 2.63. The number of quaternary nitrogens is 1. The lowest BCUT2D eigenvalue weighted by Gasteiger charge is -2.14. The van der Waals surface area contributed by atoms with Crippen LogP contribution in [0.15, 0.2) is 48.5 Å². The molecule has 4 nitrogen and oxygen atoms in total. The molecule has 0 spiro atoms. The van der Waals surface area contributed by atoms with Crippen molar-refractivity contribution >= 4 is 17.7 Å².